The average Bonchev–Trinajstić information content (AvgIpc) is 2.77. The molecule has 4 rings (SSSR count). The van der Waals surface area contributed by atoms with Gasteiger partial charge in [0.1, 0.15) is 5.56 Å². The molecule has 146 valence electrons. The fraction of sp³-hybridized carbons (Fsp3) is 0.261. The molecule has 1 aliphatic rings. The molecule has 3 aromatic rings. The van der Waals surface area contributed by atoms with Gasteiger partial charge in [-0.05, 0) is 42.2 Å². The number of aromatic carboxylic acids is 1. The number of pyridine rings is 2. The highest BCUT2D eigenvalue weighted by atomic mass is 16.4. The van der Waals surface area contributed by atoms with E-state index in [1.54, 1.807) is 12.3 Å². The highest BCUT2D eigenvalue weighted by Crippen LogP contribution is 2.35. The van der Waals surface area contributed by atoms with Gasteiger partial charge in [0.15, 0.2) is 0 Å². The maximum Gasteiger partial charge on any atom is 0.341 e. The predicted octanol–water partition coefficient (Wildman–Crippen LogP) is 3.06. The molecule has 0 bridgehead atoms. The van der Waals surface area contributed by atoms with Crippen molar-refractivity contribution < 1.29 is 9.90 Å². The van der Waals surface area contributed by atoms with Crippen LogP contribution < -0.4 is 5.56 Å². The van der Waals surface area contributed by atoms with Crippen LogP contribution in [-0.4, -0.2) is 33.5 Å². The van der Waals surface area contributed by atoms with Gasteiger partial charge in [-0.15, -0.1) is 0 Å². The Kier molecular flexibility index (Phi) is 4.91. The van der Waals surface area contributed by atoms with Gasteiger partial charge in [0.05, 0.1) is 17.0 Å². The second-order valence-electron chi connectivity index (χ2n) is 7.49. The van der Waals surface area contributed by atoms with Gasteiger partial charge in [0.25, 0.3) is 5.56 Å². The summed E-state index contributed by atoms with van der Waals surface area (Å²) in [5, 5.41) is 19.3. The summed E-state index contributed by atoms with van der Waals surface area (Å²) in [4.78, 5) is 26.2. The van der Waals surface area contributed by atoms with Crippen LogP contribution in [0.2, 0.25) is 0 Å². The fourth-order valence-corrected chi connectivity index (χ4v) is 4.16. The van der Waals surface area contributed by atoms with E-state index in [4.69, 9.17) is 0 Å². The van der Waals surface area contributed by atoms with E-state index in [9.17, 15) is 20.0 Å². The van der Waals surface area contributed by atoms with Crippen LogP contribution in [0, 0.1) is 11.3 Å². The minimum absolute atomic E-state index is 0.226. The molecule has 0 radical (unpaired) electrons. The van der Waals surface area contributed by atoms with Crippen molar-refractivity contribution in [3.05, 3.63) is 87.8 Å². The van der Waals surface area contributed by atoms with Crippen molar-refractivity contribution in [3.8, 4) is 6.07 Å². The summed E-state index contributed by atoms with van der Waals surface area (Å²) in [5.74, 6) is -1.22. The molecule has 0 spiro atoms. The minimum Gasteiger partial charge on any atom is -0.477 e. The number of fused-ring (bicyclic) bond motifs is 1. The van der Waals surface area contributed by atoms with Crippen molar-refractivity contribution in [1.29, 1.82) is 5.26 Å². The molecule has 1 aromatic carbocycles. The van der Waals surface area contributed by atoms with Crippen LogP contribution in [0.1, 0.15) is 34.3 Å². The van der Waals surface area contributed by atoms with Crippen LogP contribution in [0.4, 0.5) is 0 Å². The lowest BCUT2D eigenvalue weighted by Crippen LogP contribution is -2.41. The highest BCUT2D eigenvalue weighted by molar-refractivity contribution is 5.88. The number of nitrogens with zero attached hydrogens (tertiary/aromatic N) is 3. The maximum absolute atomic E-state index is 12.4. The van der Waals surface area contributed by atoms with Gasteiger partial charge in [-0.2, -0.15) is 5.26 Å². The Labute approximate surface area is 168 Å². The van der Waals surface area contributed by atoms with Crippen LogP contribution in [0.25, 0.3) is 5.52 Å². The summed E-state index contributed by atoms with van der Waals surface area (Å²) < 4.78 is 1.40. The van der Waals surface area contributed by atoms with Crippen molar-refractivity contribution in [2.45, 2.75) is 24.8 Å². The largest absolute Gasteiger partial charge is 0.477 e. The van der Waals surface area contributed by atoms with Crippen LogP contribution in [0.5, 0.6) is 0 Å². The van der Waals surface area contributed by atoms with E-state index in [1.165, 1.54) is 10.5 Å². The van der Waals surface area contributed by atoms with Crippen molar-refractivity contribution in [1.82, 2.24) is 9.30 Å². The molecule has 0 amide bonds. The first kappa shape index (κ1) is 18.9. The third kappa shape index (κ3) is 3.41. The Hall–Kier alpha value is -3.43. The summed E-state index contributed by atoms with van der Waals surface area (Å²) in [6.07, 6.45) is 3.02. The quantitative estimate of drug-likeness (QED) is 0.744. The second kappa shape index (κ2) is 7.53. The smallest absolute Gasteiger partial charge is 0.341 e. The minimum atomic E-state index is -1.22. The Bertz CT molecular complexity index is 1150. The first-order valence-corrected chi connectivity index (χ1v) is 9.60. The molecule has 3 heterocycles. The van der Waals surface area contributed by atoms with Crippen LogP contribution >= 0.6 is 0 Å². The van der Waals surface area contributed by atoms with Gasteiger partial charge in [-0.25, -0.2) is 4.79 Å². The Morgan fingerprint density at radius 3 is 2.45 bits per heavy atom. The topological polar surface area (TPSA) is 85.8 Å². The van der Waals surface area contributed by atoms with Crippen molar-refractivity contribution in [3.63, 3.8) is 0 Å². The highest BCUT2D eigenvalue weighted by Gasteiger charge is 2.36. The van der Waals surface area contributed by atoms with E-state index in [0.29, 0.717) is 24.9 Å². The number of carboxylic acids is 1. The second-order valence-corrected chi connectivity index (χ2v) is 7.49. The Morgan fingerprint density at radius 1 is 1.10 bits per heavy atom. The number of hydrogen-bond acceptors (Lipinski definition) is 4. The Balaban J connectivity index is 1.61. The molecule has 0 aliphatic carbocycles. The number of likely N-dealkylation sites (tertiary alicyclic amines) is 1. The van der Waals surface area contributed by atoms with Gasteiger partial charge in [-0.3, -0.25) is 14.1 Å². The van der Waals surface area contributed by atoms with E-state index in [1.807, 2.05) is 42.5 Å². The van der Waals surface area contributed by atoms with E-state index in [0.717, 1.165) is 24.2 Å². The number of rotatable bonds is 4. The molecule has 1 N–H and O–H groups in total. The molecular weight excluding hydrogens is 366 g/mol. The van der Waals surface area contributed by atoms with Gasteiger partial charge in [0, 0.05) is 25.8 Å². The van der Waals surface area contributed by atoms with Gasteiger partial charge >= 0.3 is 5.97 Å². The molecule has 6 nitrogen and oxygen atoms in total. The summed E-state index contributed by atoms with van der Waals surface area (Å²) in [6, 6.07) is 19.3. The maximum atomic E-state index is 12.4. The first-order valence-electron chi connectivity index (χ1n) is 9.60. The average molecular weight is 387 g/mol. The molecule has 1 fully saturated rings. The number of nitriles is 1. The van der Waals surface area contributed by atoms with Crippen molar-refractivity contribution in [2.75, 3.05) is 13.1 Å². The summed E-state index contributed by atoms with van der Waals surface area (Å²) in [6.45, 7) is 1.98. The number of carbonyl (C=O) groups is 1. The van der Waals surface area contributed by atoms with Gasteiger partial charge in [0.2, 0.25) is 0 Å². The predicted molar refractivity (Wildman–Crippen MR) is 109 cm³/mol. The molecule has 29 heavy (non-hydrogen) atoms. The number of benzene rings is 1. The van der Waals surface area contributed by atoms with E-state index in [-0.39, 0.29) is 5.56 Å². The summed E-state index contributed by atoms with van der Waals surface area (Å²) >= 11 is 0. The standard InChI is InChI=1S/C23H21N3O3/c24-16-23(18-6-2-1-3-7-18)9-12-25(13-10-23)15-17-14-19(22(28)29)21(27)26-11-5-4-8-20(17)26/h1-8,11,14H,9-10,12-13,15H2,(H,28,29). The van der Waals surface area contributed by atoms with Crippen LogP contribution in [0.3, 0.4) is 0 Å². The number of carboxylic acid groups (broad SMARTS) is 1. The third-order valence-electron chi connectivity index (χ3n) is 5.83. The molecule has 0 atom stereocenters. The zero-order chi connectivity index (χ0) is 20.4. The fourth-order valence-electron chi connectivity index (χ4n) is 4.16. The van der Waals surface area contributed by atoms with Crippen molar-refractivity contribution >= 4 is 11.5 Å². The zero-order valence-electron chi connectivity index (χ0n) is 15.9. The molecule has 0 unspecified atom stereocenters. The van der Waals surface area contributed by atoms with Gasteiger partial charge < -0.3 is 5.11 Å². The molecular formula is C23H21N3O3. The van der Waals surface area contributed by atoms with Crippen LogP contribution in [-0.2, 0) is 12.0 Å². The molecule has 6 heteroatoms. The third-order valence-corrected chi connectivity index (χ3v) is 5.83. The SMILES string of the molecule is N#CC1(c2ccccc2)CCN(Cc2cc(C(=O)O)c(=O)n3ccccc23)CC1. The van der Waals surface area contributed by atoms with E-state index >= 15 is 0 Å². The van der Waals surface area contributed by atoms with Crippen molar-refractivity contribution in [2.24, 2.45) is 0 Å². The number of aromatic nitrogens is 1. The number of piperidine rings is 1. The first-order chi connectivity index (χ1) is 14.0. The summed E-state index contributed by atoms with van der Waals surface area (Å²) in [7, 11) is 0. The van der Waals surface area contributed by atoms with Crippen LogP contribution in [0.15, 0.2) is 65.6 Å². The lowest BCUT2D eigenvalue weighted by atomic mass is 9.74. The lowest BCUT2D eigenvalue weighted by Gasteiger charge is -2.37. The lowest BCUT2D eigenvalue weighted by molar-refractivity contribution is 0.0694. The van der Waals surface area contributed by atoms with E-state index in [2.05, 4.69) is 11.0 Å². The monoisotopic (exact) mass is 387 g/mol. The Morgan fingerprint density at radius 2 is 1.79 bits per heavy atom. The normalized spacial score (nSPS) is 16.4. The zero-order valence-corrected chi connectivity index (χ0v) is 15.9. The summed E-state index contributed by atoms with van der Waals surface area (Å²) in [5.41, 5.74) is 1.32. The van der Waals surface area contributed by atoms with E-state index < -0.39 is 16.9 Å². The molecule has 1 aliphatic heterocycles. The molecule has 2 aromatic heterocycles. The molecule has 0 saturated carbocycles. The van der Waals surface area contributed by atoms with Gasteiger partial charge in [-0.1, -0.05) is 36.4 Å². The number of hydrogen-bond donors (Lipinski definition) is 1. The molecule has 1 saturated heterocycles.